The van der Waals surface area contributed by atoms with E-state index in [1.54, 1.807) is 4.90 Å². The Bertz CT molecular complexity index is 277. The summed E-state index contributed by atoms with van der Waals surface area (Å²) >= 11 is 0. The predicted molar refractivity (Wildman–Crippen MR) is 70.4 cm³/mol. The second-order valence-electron chi connectivity index (χ2n) is 5.45. The van der Waals surface area contributed by atoms with Crippen LogP contribution in [0.5, 0.6) is 0 Å². The molecule has 2 aliphatic rings. The van der Waals surface area contributed by atoms with Crippen molar-refractivity contribution in [1.82, 2.24) is 14.7 Å². The Kier molecular flexibility index (Phi) is 4.97. The van der Waals surface area contributed by atoms with Crippen molar-refractivity contribution in [2.45, 2.75) is 25.3 Å². The molecule has 18 heavy (non-hydrogen) atoms. The van der Waals surface area contributed by atoms with Crippen molar-refractivity contribution in [3.8, 4) is 0 Å². The first kappa shape index (κ1) is 13.8. The van der Waals surface area contributed by atoms with Gasteiger partial charge in [-0.1, -0.05) is 0 Å². The minimum Gasteiger partial charge on any atom is -0.387 e. The Morgan fingerprint density at radius 1 is 1.22 bits per heavy atom. The summed E-state index contributed by atoms with van der Waals surface area (Å²) in [5.74, 6) is -0.134. The average Bonchev–Trinajstić information content (AvgIpc) is 2.81. The van der Waals surface area contributed by atoms with Crippen LogP contribution in [0.25, 0.3) is 0 Å². The summed E-state index contributed by atoms with van der Waals surface area (Å²) in [6.07, 6.45) is 3.91. The van der Waals surface area contributed by atoms with Crippen LogP contribution in [-0.2, 0) is 4.79 Å². The molecular weight excluding hydrogens is 230 g/mol. The van der Waals surface area contributed by atoms with Gasteiger partial charge >= 0.3 is 0 Å². The number of carbonyl (C=O) groups is 1. The molecular formula is C13H25N3O2. The first-order chi connectivity index (χ1) is 8.70. The molecule has 0 aromatic heterocycles. The maximum atomic E-state index is 11.3. The molecule has 0 saturated carbocycles. The lowest BCUT2D eigenvalue weighted by molar-refractivity contribution is -0.135. The van der Waals surface area contributed by atoms with Gasteiger partial charge in [0.1, 0.15) is 6.61 Å². The molecule has 0 spiro atoms. The van der Waals surface area contributed by atoms with Gasteiger partial charge in [0.2, 0.25) is 5.91 Å². The maximum absolute atomic E-state index is 11.3. The molecule has 2 heterocycles. The summed E-state index contributed by atoms with van der Waals surface area (Å²) in [4.78, 5) is 18.0. The fraction of sp³-hybridized carbons (Fsp3) is 0.923. The van der Waals surface area contributed by atoms with Crippen molar-refractivity contribution in [2.24, 2.45) is 0 Å². The number of carbonyl (C=O) groups excluding carboxylic acids is 1. The van der Waals surface area contributed by atoms with E-state index in [1.165, 1.54) is 25.8 Å². The Labute approximate surface area is 109 Å². The molecule has 1 amide bonds. The molecule has 0 radical (unpaired) electrons. The summed E-state index contributed by atoms with van der Waals surface area (Å²) in [5.41, 5.74) is 0. The lowest BCUT2D eigenvalue weighted by atomic mass is 10.1. The zero-order chi connectivity index (χ0) is 13.0. The summed E-state index contributed by atoms with van der Waals surface area (Å²) in [6, 6.07) is 0.752. The number of aliphatic hydroxyl groups excluding tert-OH is 1. The number of hydrogen-bond acceptors (Lipinski definition) is 4. The van der Waals surface area contributed by atoms with Crippen molar-refractivity contribution in [2.75, 3.05) is 52.9 Å². The number of piperazine rings is 1. The molecule has 5 nitrogen and oxygen atoms in total. The van der Waals surface area contributed by atoms with Gasteiger partial charge < -0.3 is 14.9 Å². The number of likely N-dealkylation sites (tertiary alicyclic amines) is 1. The van der Waals surface area contributed by atoms with Crippen LogP contribution >= 0.6 is 0 Å². The Balaban J connectivity index is 1.66. The topological polar surface area (TPSA) is 47.0 Å². The van der Waals surface area contributed by atoms with Crippen molar-refractivity contribution in [3.63, 3.8) is 0 Å². The van der Waals surface area contributed by atoms with Crippen LogP contribution in [0.15, 0.2) is 0 Å². The van der Waals surface area contributed by atoms with Crippen molar-refractivity contribution >= 4 is 5.91 Å². The van der Waals surface area contributed by atoms with E-state index in [0.29, 0.717) is 0 Å². The van der Waals surface area contributed by atoms with Gasteiger partial charge in [-0.25, -0.2) is 0 Å². The van der Waals surface area contributed by atoms with E-state index in [-0.39, 0.29) is 12.5 Å². The molecule has 2 rings (SSSR count). The maximum Gasteiger partial charge on any atom is 0.248 e. The standard InChI is InChI=1S/C13H25N3O2/c1-14-5-2-3-12(14)4-6-15-7-9-16(10-8-15)13(18)11-17/h12,17H,2-11H2,1H3. The van der Waals surface area contributed by atoms with Crippen LogP contribution in [0, 0.1) is 0 Å². The van der Waals surface area contributed by atoms with E-state index in [4.69, 9.17) is 5.11 Å². The van der Waals surface area contributed by atoms with Gasteiger partial charge in [-0.05, 0) is 39.4 Å². The molecule has 104 valence electrons. The highest BCUT2D eigenvalue weighted by Gasteiger charge is 2.24. The second kappa shape index (κ2) is 6.50. The number of aliphatic hydroxyl groups is 1. The summed E-state index contributed by atoms with van der Waals surface area (Å²) in [7, 11) is 2.22. The van der Waals surface area contributed by atoms with Crippen molar-refractivity contribution in [3.05, 3.63) is 0 Å². The van der Waals surface area contributed by atoms with Gasteiger partial charge in [0, 0.05) is 32.2 Å². The third-order valence-corrected chi connectivity index (χ3v) is 4.31. The van der Waals surface area contributed by atoms with Crippen LogP contribution in [0.4, 0.5) is 0 Å². The second-order valence-corrected chi connectivity index (χ2v) is 5.45. The smallest absolute Gasteiger partial charge is 0.248 e. The molecule has 1 unspecified atom stereocenters. The van der Waals surface area contributed by atoms with Gasteiger partial charge in [0.05, 0.1) is 0 Å². The molecule has 1 N–H and O–H groups in total. The van der Waals surface area contributed by atoms with Gasteiger partial charge in [-0.15, -0.1) is 0 Å². The van der Waals surface area contributed by atoms with Crippen LogP contribution in [0.1, 0.15) is 19.3 Å². The van der Waals surface area contributed by atoms with Gasteiger partial charge in [-0.3, -0.25) is 9.69 Å². The van der Waals surface area contributed by atoms with Crippen LogP contribution in [-0.4, -0.2) is 84.7 Å². The van der Waals surface area contributed by atoms with Gasteiger partial charge in [-0.2, -0.15) is 0 Å². The molecule has 2 saturated heterocycles. The normalized spacial score (nSPS) is 26.8. The molecule has 0 aromatic carbocycles. The SMILES string of the molecule is CN1CCCC1CCN1CCN(C(=O)CO)CC1. The van der Waals surface area contributed by atoms with Gasteiger partial charge in [0.25, 0.3) is 0 Å². The van der Waals surface area contributed by atoms with E-state index in [2.05, 4.69) is 16.8 Å². The summed E-state index contributed by atoms with van der Waals surface area (Å²) in [6.45, 7) is 5.44. The highest BCUT2D eigenvalue weighted by molar-refractivity contribution is 5.77. The first-order valence-corrected chi connectivity index (χ1v) is 7.02. The lowest BCUT2D eigenvalue weighted by Gasteiger charge is -2.35. The highest BCUT2D eigenvalue weighted by atomic mass is 16.3. The number of hydrogen-bond donors (Lipinski definition) is 1. The number of rotatable bonds is 4. The van der Waals surface area contributed by atoms with Crippen LogP contribution in [0.2, 0.25) is 0 Å². The molecule has 2 aliphatic heterocycles. The molecule has 5 heteroatoms. The minimum atomic E-state index is -0.354. The third kappa shape index (κ3) is 3.43. The Morgan fingerprint density at radius 3 is 2.50 bits per heavy atom. The number of amides is 1. The van der Waals surface area contributed by atoms with E-state index >= 15 is 0 Å². The quantitative estimate of drug-likeness (QED) is 0.743. The zero-order valence-corrected chi connectivity index (χ0v) is 11.3. The van der Waals surface area contributed by atoms with Crippen LogP contribution < -0.4 is 0 Å². The molecule has 1 atom stereocenters. The largest absolute Gasteiger partial charge is 0.387 e. The minimum absolute atomic E-state index is 0.134. The summed E-state index contributed by atoms with van der Waals surface area (Å²) < 4.78 is 0. The average molecular weight is 255 g/mol. The number of nitrogens with zero attached hydrogens (tertiary/aromatic N) is 3. The predicted octanol–water partition coefficient (Wildman–Crippen LogP) is -0.393. The highest BCUT2D eigenvalue weighted by Crippen LogP contribution is 2.18. The summed E-state index contributed by atoms with van der Waals surface area (Å²) in [5, 5.41) is 8.82. The van der Waals surface area contributed by atoms with E-state index < -0.39 is 0 Å². The Morgan fingerprint density at radius 2 is 1.94 bits per heavy atom. The van der Waals surface area contributed by atoms with Crippen LogP contribution in [0.3, 0.4) is 0 Å². The Hall–Kier alpha value is -0.650. The van der Waals surface area contributed by atoms with Gasteiger partial charge in [0.15, 0.2) is 0 Å². The van der Waals surface area contributed by atoms with Crippen molar-refractivity contribution < 1.29 is 9.90 Å². The lowest BCUT2D eigenvalue weighted by Crippen LogP contribution is -2.50. The molecule has 0 aliphatic carbocycles. The fourth-order valence-corrected chi connectivity index (χ4v) is 3.00. The zero-order valence-electron chi connectivity index (χ0n) is 11.3. The molecule has 0 aromatic rings. The molecule has 0 bridgehead atoms. The fourth-order valence-electron chi connectivity index (χ4n) is 3.00. The van der Waals surface area contributed by atoms with E-state index in [9.17, 15) is 4.79 Å². The van der Waals surface area contributed by atoms with E-state index in [0.717, 1.165) is 38.8 Å². The van der Waals surface area contributed by atoms with Crippen molar-refractivity contribution in [1.29, 1.82) is 0 Å². The molecule has 2 fully saturated rings. The first-order valence-electron chi connectivity index (χ1n) is 7.02. The monoisotopic (exact) mass is 255 g/mol. The third-order valence-electron chi connectivity index (χ3n) is 4.31. The van der Waals surface area contributed by atoms with E-state index in [1.807, 2.05) is 0 Å².